The number of nitrogens with zero attached hydrogens (tertiary/aromatic N) is 2. The first kappa shape index (κ1) is 30.5. The van der Waals surface area contributed by atoms with Crippen LogP contribution in [0.5, 0.6) is 0 Å². The molecule has 1 atom stereocenters. The molecule has 1 unspecified atom stereocenters. The van der Waals surface area contributed by atoms with E-state index in [0.29, 0.717) is 26.9 Å². The number of hydrogen-bond acceptors (Lipinski definition) is 4. The first-order chi connectivity index (χ1) is 18.3. The summed E-state index contributed by atoms with van der Waals surface area (Å²) in [6.07, 6.45) is 0. The number of aryl methyl sites for hydroxylation is 2. The Kier molecular flexibility index (Phi) is 10.0. The molecule has 0 bridgehead atoms. The average molecular weight is 591 g/mol. The van der Waals surface area contributed by atoms with Gasteiger partial charge in [-0.25, -0.2) is 8.42 Å². The molecule has 2 amide bonds. The minimum Gasteiger partial charge on any atom is -0.352 e. The van der Waals surface area contributed by atoms with Crippen molar-refractivity contribution in [3.05, 3.63) is 93.5 Å². The van der Waals surface area contributed by atoms with Gasteiger partial charge in [0, 0.05) is 22.6 Å². The predicted molar refractivity (Wildman–Crippen MR) is 157 cm³/mol. The normalized spacial score (nSPS) is 12.2. The lowest BCUT2D eigenvalue weighted by Crippen LogP contribution is -2.52. The van der Waals surface area contributed by atoms with Gasteiger partial charge in [0.25, 0.3) is 10.0 Å². The molecule has 3 aromatic rings. The lowest BCUT2D eigenvalue weighted by Gasteiger charge is -2.33. The van der Waals surface area contributed by atoms with E-state index >= 15 is 0 Å². The summed E-state index contributed by atoms with van der Waals surface area (Å²) in [5.41, 5.74) is 2.60. The van der Waals surface area contributed by atoms with Gasteiger partial charge in [0.15, 0.2) is 0 Å². The van der Waals surface area contributed by atoms with Gasteiger partial charge in [0.05, 0.1) is 10.6 Å². The van der Waals surface area contributed by atoms with E-state index in [2.05, 4.69) is 5.32 Å². The predicted octanol–water partition coefficient (Wildman–Crippen LogP) is 5.75. The first-order valence-electron chi connectivity index (χ1n) is 12.5. The average Bonchev–Trinajstić information content (AvgIpc) is 2.87. The molecule has 0 saturated heterocycles. The molecular formula is C29H33Cl2N3O4S. The van der Waals surface area contributed by atoms with Crippen molar-refractivity contribution in [2.24, 2.45) is 0 Å². The van der Waals surface area contributed by atoms with Crippen LogP contribution in [-0.2, 0) is 26.2 Å². The molecule has 0 aliphatic rings. The highest BCUT2D eigenvalue weighted by Crippen LogP contribution is 2.29. The van der Waals surface area contributed by atoms with E-state index in [0.717, 1.165) is 9.87 Å². The molecule has 0 saturated carbocycles. The molecule has 1 N–H and O–H groups in total. The second kappa shape index (κ2) is 12.9. The van der Waals surface area contributed by atoms with Gasteiger partial charge in [-0.15, -0.1) is 0 Å². The van der Waals surface area contributed by atoms with Gasteiger partial charge in [-0.05, 0) is 76.1 Å². The van der Waals surface area contributed by atoms with E-state index in [4.69, 9.17) is 23.2 Å². The Morgan fingerprint density at radius 1 is 0.923 bits per heavy atom. The topological polar surface area (TPSA) is 86.8 Å². The fourth-order valence-electron chi connectivity index (χ4n) is 4.14. The summed E-state index contributed by atoms with van der Waals surface area (Å²) in [5.74, 6) is -0.931. The van der Waals surface area contributed by atoms with Crippen molar-refractivity contribution in [2.45, 2.75) is 58.1 Å². The zero-order valence-electron chi connectivity index (χ0n) is 22.6. The molecule has 3 aromatic carbocycles. The number of carbonyl (C=O) groups is 2. The highest BCUT2D eigenvalue weighted by Gasteiger charge is 2.33. The maximum atomic E-state index is 14.0. The number of sulfonamides is 1. The molecule has 0 fully saturated rings. The third-order valence-electron chi connectivity index (χ3n) is 6.19. The molecule has 0 heterocycles. The third kappa shape index (κ3) is 7.53. The standard InChI is InChI=1S/C29H33Cl2N3O4S/c1-19(2)32-29(36)22(5)33(17-23-12-13-24(30)16-26(23)31)28(35)18-34(27-14-11-20(3)15-21(27)4)39(37,38)25-9-7-6-8-10-25/h6-16,19,22H,17-18H2,1-5H3,(H,32,36). The number of halogens is 2. The van der Waals surface area contributed by atoms with Crippen molar-refractivity contribution in [3.63, 3.8) is 0 Å². The molecule has 0 aliphatic heterocycles. The zero-order chi connectivity index (χ0) is 28.9. The van der Waals surface area contributed by atoms with Gasteiger partial charge >= 0.3 is 0 Å². The second-order valence-corrected chi connectivity index (χ2v) is 12.4. The zero-order valence-corrected chi connectivity index (χ0v) is 24.9. The van der Waals surface area contributed by atoms with E-state index in [1.807, 2.05) is 26.8 Å². The summed E-state index contributed by atoms with van der Waals surface area (Å²) in [5, 5.41) is 3.59. The molecule has 208 valence electrons. The number of rotatable bonds is 10. The Bertz CT molecular complexity index is 1450. The number of carbonyl (C=O) groups excluding carboxylic acids is 2. The lowest BCUT2D eigenvalue weighted by molar-refractivity contribution is -0.139. The number of benzene rings is 3. The largest absolute Gasteiger partial charge is 0.352 e. The van der Waals surface area contributed by atoms with Crippen molar-refractivity contribution in [1.82, 2.24) is 10.2 Å². The number of nitrogens with one attached hydrogen (secondary N) is 1. The maximum Gasteiger partial charge on any atom is 0.264 e. The Balaban J connectivity index is 2.08. The van der Waals surface area contributed by atoms with Crippen LogP contribution < -0.4 is 9.62 Å². The fraction of sp³-hybridized carbons (Fsp3) is 0.310. The van der Waals surface area contributed by atoms with Crippen LogP contribution in [0.3, 0.4) is 0 Å². The molecule has 10 heteroatoms. The second-order valence-electron chi connectivity index (χ2n) is 9.71. The van der Waals surface area contributed by atoms with Gasteiger partial charge in [-0.1, -0.05) is 65.2 Å². The quantitative estimate of drug-likeness (QED) is 0.326. The summed E-state index contributed by atoms with van der Waals surface area (Å²) in [6.45, 7) is 8.41. The Hall–Kier alpha value is -3.07. The Labute approximate surface area is 240 Å². The fourth-order valence-corrected chi connectivity index (χ4v) is 6.11. The van der Waals surface area contributed by atoms with Crippen molar-refractivity contribution in [2.75, 3.05) is 10.8 Å². The summed E-state index contributed by atoms with van der Waals surface area (Å²) in [4.78, 5) is 28.4. The molecule has 0 spiro atoms. The first-order valence-corrected chi connectivity index (χ1v) is 14.7. The van der Waals surface area contributed by atoms with E-state index in [1.165, 1.54) is 17.0 Å². The highest BCUT2D eigenvalue weighted by molar-refractivity contribution is 7.92. The van der Waals surface area contributed by atoms with Gasteiger partial charge in [-0.3, -0.25) is 13.9 Å². The van der Waals surface area contributed by atoms with Crippen molar-refractivity contribution < 1.29 is 18.0 Å². The number of amides is 2. The van der Waals surface area contributed by atoms with Crippen LogP contribution in [0.15, 0.2) is 71.6 Å². The minimum atomic E-state index is -4.13. The van der Waals surface area contributed by atoms with Crippen molar-refractivity contribution in [3.8, 4) is 0 Å². The Morgan fingerprint density at radius 3 is 2.18 bits per heavy atom. The van der Waals surface area contributed by atoms with E-state index in [9.17, 15) is 18.0 Å². The van der Waals surface area contributed by atoms with Crippen LogP contribution in [0.1, 0.15) is 37.5 Å². The van der Waals surface area contributed by atoms with Crippen molar-refractivity contribution >= 4 is 50.7 Å². The smallest absolute Gasteiger partial charge is 0.264 e. The monoisotopic (exact) mass is 589 g/mol. The summed E-state index contributed by atoms with van der Waals surface area (Å²) in [6, 6.07) is 17.1. The van der Waals surface area contributed by atoms with Crippen LogP contribution in [-0.4, -0.2) is 43.8 Å². The van der Waals surface area contributed by atoms with Crippen LogP contribution in [0.25, 0.3) is 0 Å². The molecule has 0 aliphatic carbocycles. The van der Waals surface area contributed by atoms with Gasteiger partial charge in [0.1, 0.15) is 12.6 Å². The summed E-state index contributed by atoms with van der Waals surface area (Å²) >= 11 is 12.5. The van der Waals surface area contributed by atoms with Crippen molar-refractivity contribution in [1.29, 1.82) is 0 Å². The highest BCUT2D eigenvalue weighted by atomic mass is 35.5. The summed E-state index contributed by atoms with van der Waals surface area (Å²) < 4.78 is 28.8. The Morgan fingerprint density at radius 2 is 1.59 bits per heavy atom. The molecule has 0 aromatic heterocycles. The minimum absolute atomic E-state index is 0.0202. The molecule has 3 rings (SSSR count). The van der Waals surface area contributed by atoms with Crippen LogP contribution in [0.2, 0.25) is 10.0 Å². The van der Waals surface area contributed by atoms with Crippen LogP contribution in [0, 0.1) is 13.8 Å². The van der Waals surface area contributed by atoms with Gasteiger partial charge < -0.3 is 10.2 Å². The number of anilines is 1. The van der Waals surface area contributed by atoms with E-state index in [-0.39, 0.29) is 23.4 Å². The van der Waals surface area contributed by atoms with Gasteiger partial charge in [-0.2, -0.15) is 0 Å². The number of hydrogen-bond donors (Lipinski definition) is 1. The van der Waals surface area contributed by atoms with Crippen LogP contribution >= 0.6 is 23.2 Å². The molecule has 0 radical (unpaired) electrons. The summed E-state index contributed by atoms with van der Waals surface area (Å²) in [7, 11) is -4.13. The van der Waals surface area contributed by atoms with Crippen LogP contribution in [0.4, 0.5) is 5.69 Å². The maximum absolute atomic E-state index is 14.0. The van der Waals surface area contributed by atoms with E-state index < -0.39 is 28.5 Å². The third-order valence-corrected chi connectivity index (χ3v) is 8.55. The SMILES string of the molecule is Cc1ccc(N(CC(=O)N(Cc2ccc(Cl)cc2Cl)C(C)C(=O)NC(C)C)S(=O)(=O)c2ccccc2)c(C)c1. The molecule has 39 heavy (non-hydrogen) atoms. The van der Waals surface area contributed by atoms with Gasteiger partial charge in [0.2, 0.25) is 11.8 Å². The lowest BCUT2D eigenvalue weighted by atomic mass is 10.1. The molecular weight excluding hydrogens is 557 g/mol. The van der Waals surface area contributed by atoms with E-state index in [1.54, 1.807) is 62.4 Å². The molecule has 7 nitrogen and oxygen atoms in total.